The number of carbonyl (C=O) groups is 1. The van der Waals surface area contributed by atoms with E-state index in [1.54, 1.807) is 14.2 Å². The number of piperidine rings is 1. The minimum atomic E-state index is 0.136. The number of methoxy groups -OCH3 is 1. The Hall–Kier alpha value is -1.91. The fourth-order valence-corrected chi connectivity index (χ4v) is 2.50. The second kappa shape index (κ2) is 5.82. The van der Waals surface area contributed by atoms with E-state index in [4.69, 9.17) is 10.5 Å². The highest BCUT2D eigenvalue weighted by Crippen LogP contribution is 2.30. The fraction of sp³-hybridized carbons (Fsp3) is 0.500. The molecule has 0 aromatic heterocycles. The van der Waals surface area contributed by atoms with E-state index in [-0.39, 0.29) is 11.8 Å². The number of anilines is 2. The Kier molecular flexibility index (Phi) is 4.14. The van der Waals surface area contributed by atoms with Crippen molar-refractivity contribution in [3.8, 4) is 5.75 Å². The summed E-state index contributed by atoms with van der Waals surface area (Å²) in [6.07, 6.45) is 1.76. The number of hydrogen-bond donors (Lipinski definition) is 2. The van der Waals surface area contributed by atoms with E-state index >= 15 is 0 Å². The first-order chi connectivity index (χ1) is 9.15. The van der Waals surface area contributed by atoms with Crippen molar-refractivity contribution in [2.75, 3.05) is 37.9 Å². The number of carbonyl (C=O) groups excluding carboxylic acids is 1. The average molecular weight is 263 g/mol. The van der Waals surface area contributed by atoms with Crippen molar-refractivity contribution in [1.29, 1.82) is 0 Å². The lowest BCUT2D eigenvalue weighted by Gasteiger charge is -2.33. The van der Waals surface area contributed by atoms with Gasteiger partial charge in [-0.2, -0.15) is 0 Å². The number of nitrogens with zero attached hydrogens (tertiary/aromatic N) is 1. The summed E-state index contributed by atoms with van der Waals surface area (Å²) >= 11 is 0. The van der Waals surface area contributed by atoms with Crippen LogP contribution in [-0.2, 0) is 4.79 Å². The third-order valence-electron chi connectivity index (χ3n) is 3.69. The number of benzene rings is 1. The van der Waals surface area contributed by atoms with E-state index in [1.165, 1.54) is 0 Å². The summed E-state index contributed by atoms with van der Waals surface area (Å²) in [5.41, 5.74) is 7.56. The summed E-state index contributed by atoms with van der Waals surface area (Å²) in [6, 6.07) is 5.81. The number of ether oxygens (including phenoxy) is 1. The molecule has 0 spiro atoms. The smallest absolute Gasteiger partial charge is 0.222 e. The van der Waals surface area contributed by atoms with Gasteiger partial charge in [0.05, 0.1) is 12.8 Å². The molecular weight excluding hydrogens is 242 g/mol. The minimum Gasteiger partial charge on any atom is -0.495 e. The maximum Gasteiger partial charge on any atom is 0.222 e. The highest BCUT2D eigenvalue weighted by molar-refractivity contribution is 5.78. The topological polar surface area (TPSA) is 67.6 Å². The molecule has 104 valence electrons. The van der Waals surface area contributed by atoms with E-state index in [1.807, 2.05) is 18.2 Å². The highest BCUT2D eigenvalue weighted by Gasteiger charge is 2.24. The first-order valence-corrected chi connectivity index (χ1v) is 6.55. The van der Waals surface area contributed by atoms with Crippen molar-refractivity contribution in [3.05, 3.63) is 18.2 Å². The Morgan fingerprint density at radius 3 is 2.68 bits per heavy atom. The maximum absolute atomic E-state index is 11.6. The molecule has 0 radical (unpaired) electrons. The molecule has 1 amide bonds. The number of amides is 1. The van der Waals surface area contributed by atoms with Crippen molar-refractivity contribution in [3.63, 3.8) is 0 Å². The molecule has 0 unspecified atom stereocenters. The molecular formula is C14H21N3O2. The van der Waals surface area contributed by atoms with Gasteiger partial charge in [-0.3, -0.25) is 4.79 Å². The molecule has 0 aliphatic carbocycles. The van der Waals surface area contributed by atoms with Crippen LogP contribution in [0.4, 0.5) is 11.4 Å². The third-order valence-corrected chi connectivity index (χ3v) is 3.69. The van der Waals surface area contributed by atoms with Crippen LogP contribution in [0.5, 0.6) is 5.75 Å². The van der Waals surface area contributed by atoms with Gasteiger partial charge in [0.15, 0.2) is 0 Å². The Balaban J connectivity index is 2.03. The third kappa shape index (κ3) is 2.92. The molecule has 1 heterocycles. The van der Waals surface area contributed by atoms with Crippen molar-refractivity contribution < 1.29 is 9.53 Å². The lowest BCUT2D eigenvalue weighted by atomic mass is 9.95. The summed E-state index contributed by atoms with van der Waals surface area (Å²) in [6.45, 7) is 1.76. The summed E-state index contributed by atoms with van der Waals surface area (Å²) in [7, 11) is 3.31. The van der Waals surface area contributed by atoms with Gasteiger partial charge in [-0.15, -0.1) is 0 Å². The molecule has 1 aliphatic rings. The predicted octanol–water partition coefficient (Wildman–Crippen LogP) is 1.24. The number of nitrogens with two attached hydrogens (primary N) is 1. The SMILES string of the molecule is CNC(=O)C1CCN(c2ccc(N)c(OC)c2)CC1. The van der Waals surface area contributed by atoms with E-state index in [0.717, 1.165) is 31.6 Å². The Labute approximate surface area is 113 Å². The second-order valence-electron chi connectivity index (χ2n) is 4.80. The number of nitrogens with one attached hydrogen (secondary N) is 1. The van der Waals surface area contributed by atoms with Crippen molar-refractivity contribution in [2.24, 2.45) is 5.92 Å². The Bertz CT molecular complexity index is 454. The summed E-state index contributed by atoms with van der Waals surface area (Å²) in [5, 5.41) is 2.72. The Morgan fingerprint density at radius 2 is 2.11 bits per heavy atom. The lowest BCUT2D eigenvalue weighted by molar-refractivity contribution is -0.125. The number of nitrogen functional groups attached to an aromatic ring is 1. The summed E-state index contributed by atoms with van der Waals surface area (Å²) in [5.74, 6) is 0.984. The highest BCUT2D eigenvalue weighted by atomic mass is 16.5. The predicted molar refractivity (Wildman–Crippen MR) is 76.4 cm³/mol. The zero-order valence-electron chi connectivity index (χ0n) is 11.5. The zero-order valence-corrected chi connectivity index (χ0v) is 11.5. The van der Waals surface area contributed by atoms with Crippen molar-refractivity contribution in [2.45, 2.75) is 12.8 Å². The van der Waals surface area contributed by atoms with Crippen molar-refractivity contribution in [1.82, 2.24) is 5.32 Å². The molecule has 1 aromatic rings. The molecule has 0 bridgehead atoms. The molecule has 0 saturated carbocycles. The van der Waals surface area contributed by atoms with Crippen LogP contribution in [0.3, 0.4) is 0 Å². The first-order valence-electron chi connectivity index (χ1n) is 6.55. The zero-order chi connectivity index (χ0) is 13.8. The van der Waals surface area contributed by atoms with Crippen LogP contribution in [0.25, 0.3) is 0 Å². The standard InChI is InChI=1S/C14H21N3O2/c1-16-14(18)10-5-7-17(8-6-10)11-3-4-12(15)13(9-11)19-2/h3-4,9-10H,5-8,15H2,1-2H3,(H,16,18). The van der Waals surface area contributed by atoms with Gasteiger partial charge >= 0.3 is 0 Å². The molecule has 0 atom stereocenters. The first kappa shape index (κ1) is 13.5. The molecule has 1 fully saturated rings. The monoisotopic (exact) mass is 263 g/mol. The van der Waals surface area contributed by atoms with Crippen LogP contribution in [0.1, 0.15) is 12.8 Å². The van der Waals surface area contributed by atoms with Gasteiger partial charge < -0.3 is 20.7 Å². The van der Waals surface area contributed by atoms with Crippen LogP contribution >= 0.6 is 0 Å². The largest absolute Gasteiger partial charge is 0.495 e. The molecule has 3 N–H and O–H groups in total. The molecule has 5 nitrogen and oxygen atoms in total. The summed E-state index contributed by atoms with van der Waals surface area (Å²) in [4.78, 5) is 13.9. The number of hydrogen-bond acceptors (Lipinski definition) is 4. The van der Waals surface area contributed by atoms with Gasteiger partial charge in [-0.1, -0.05) is 0 Å². The van der Waals surface area contributed by atoms with E-state index in [9.17, 15) is 4.79 Å². The van der Waals surface area contributed by atoms with Gasteiger partial charge in [0.25, 0.3) is 0 Å². The second-order valence-corrected chi connectivity index (χ2v) is 4.80. The van der Waals surface area contributed by atoms with Gasteiger partial charge in [0.2, 0.25) is 5.91 Å². The van der Waals surface area contributed by atoms with Crippen LogP contribution in [0, 0.1) is 5.92 Å². The Morgan fingerprint density at radius 1 is 1.42 bits per heavy atom. The maximum atomic E-state index is 11.6. The van der Waals surface area contributed by atoms with Gasteiger partial charge in [-0.05, 0) is 25.0 Å². The van der Waals surface area contributed by atoms with Crippen LogP contribution in [-0.4, -0.2) is 33.2 Å². The average Bonchev–Trinajstić information content (AvgIpc) is 2.47. The number of rotatable bonds is 3. The molecule has 5 heteroatoms. The molecule has 2 rings (SSSR count). The van der Waals surface area contributed by atoms with E-state index in [2.05, 4.69) is 10.2 Å². The lowest BCUT2D eigenvalue weighted by Crippen LogP contribution is -2.39. The molecule has 1 aromatic carbocycles. The molecule has 1 saturated heterocycles. The molecule has 1 aliphatic heterocycles. The van der Waals surface area contributed by atoms with Gasteiger partial charge in [0.1, 0.15) is 5.75 Å². The van der Waals surface area contributed by atoms with Gasteiger partial charge in [-0.25, -0.2) is 0 Å². The summed E-state index contributed by atoms with van der Waals surface area (Å²) < 4.78 is 5.24. The normalized spacial score (nSPS) is 16.2. The fourth-order valence-electron chi connectivity index (χ4n) is 2.50. The molecule has 19 heavy (non-hydrogen) atoms. The van der Waals surface area contributed by atoms with E-state index in [0.29, 0.717) is 11.4 Å². The van der Waals surface area contributed by atoms with Crippen molar-refractivity contribution >= 4 is 17.3 Å². The van der Waals surface area contributed by atoms with Crippen LogP contribution in [0.2, 0.25) is 0 Å². The van der Waals surface area contributed by atoms with Gasteiger partial charge in [0, 0.05) is 37.8 Å². The van der Waals surface area contributed by atoms with E-state index < -0.39 is 0 Å². The van der Waals surface area contributed by atoms with Crippen LogP contribution in [0.15, 0.2) is 18.2 Å². The van der Waals surface area contributed by atoms with Crippen LogP contribution < -0.4 is 20.7 Å². The minimum absolute atomic E-state index is 0.136. The quantitative estimate of drug-likeness (QED) is 0.805.